The van der Waals surface area contributed by atoms with Crippen molar-refractivity contribution in [3.63, 3.8) is 0 Å². The van der Waals surface area contributed by atoms with E-state index in [9.17, 15) is 14.7 Å². The van der Waals surface area contributed by atoms with E-state index < -0.39 is 23.0 Å². The fraction of sp³-hybridized carbons (Fsp3) is 0.524. The molecule has 2 N–H and O–H groups in total. The van der Waals surface area contributed by atoms with E-state index in [0.717, 1.165) is 36.3 Å². The van der Waals surface area contributed by atoms with Crippen LogP contribution in [0.4, 0.5) is 5.69 Å². The second kappa shape index (κ2) is 5.42. The number of ether oxygens (including phenoxy) is 1. The molecule has 1 aliphatic carbocycles. The van der Waals surface area contributed by atoms with Crippen LogP contribution in [0.1, 0.15) is 25.3 Å². The molecule has 6 heteroatoms. The Bertz CT molecular complexity index is 881. The Hall–Kier alpha value is -2.18. The third-order valence-corrected chi connectivity index (χ3v) is 7.41. The molecule has 27 heavy (non-hydrogen) atoms. The largest absolute Gasteiger partial charge is 0.468 e. The highest BCUT2D eigenvalue weighted by Crippen LogP contribution is 2.63. The van der Waals surface area contributed by atoms with E-state index in [2.05, 4.69) is 10.2 Å². The quantitative estimate of drug-likeness (QED) is 0.444. The van der Waals surface area contributed by atoms with Gasteiger partial charge in [0.2, 0.25) is 0 Å². The average molecular weight is 368 g/mol. The third kappa shape index (κ3) is 1.74. The highest BCUT2D eigenvalue weighted by molar-refractivity contribution is 6.14. The van der Waals surface area contributed by atoms with Crippen LogP contribution in [0.3, 0.4) is 0 Å². The van der Waals surface area contributed by atoms with Gasteiger partial charge in [0.1, 0.15) is 17.1 Å². The summed E-state index contributed by atoms with van der Waals surface area (Å²) in [7, 11) is 1.36. The van der Waals surface area contributed by atoms with Crippen LogP contribution in [-0.2, 0) is 19.7 Å². The zero-order chi connectivity index (χ0) is 19.0. The highest BCUT2D eigenvalue weighted by Gasteiger charge is 2.76. The summed E-state index contributed by atoms with van der Waals surface area (Å²) in [5, 5.41) is 14.1. The van der Waals surface area contributed by atoms with Crippen molar-refractivity contribution >= 4 is 17.4 Å². The Kier molecular flexibility index (Phi) is 3.41. The maximum Gasteiger partial charge on any atom is 0.321 e. The second-order valence-corrected chi connectivity index (χ2v) is 8.15. The van der Waals surface area contributed by atoms with Crippen LogP contribution in [0.15, 0.2) is 35.9 Å². The number of allylic oxidation sites excluding steroid dienone is 1. The number of hydrogen-bond acceptors (Lipinski definition) is 6. The molecule has 1 saturated carbocycles. The number of carbonyl (C=O) groups is 2. The minimum atomic E-state index is -1.24. The molecule has 142 valence electrons. The highest BCUT2D eigenvalue weighted by atomic mass is 16.5. The van der Waals surface area contributed by atoms with Crippen molar-refractivity contribution < 1.29 is 19.4 Å². The first-order valence-electron chi connectivity index (χ1n) is 9.58. The van der Waals surface area contributed by atoms with Crippen LogP contribution in [-0.4, -0.2) is 54.2 Å². The molecule has 6 rings (SSSR count). The molecular formula is C21H24N2O4. The number of esters is 1. The first-order valence-corrected chi connectivity index (χ1v) is 9.58. The fourth-order valence-corrected chi connectivity index (χ4v) is 6.29. The predicted molar refractivity (Wildman–Crippen MR) is 99.0 cm³/mol. The van der Waals surface area contributed by atoms with Gasteiger partial charge in [-0.3, -0.25) is 14.5 Å². The fourth-order valence-electron chi connectivity index (χ4n) is 6.29. The summed E-state index contributed by atoms with van der Waals surface area (Å²) in [6.07, 6.45) is 2.19. The summed E-state index contributed by atoms with van der Waals surface area (Å²) < 4.78 is 5.22. The number of aliphatic hydroxyl groups is 1. The van der Waals surface area contributed by atoms with E-state index >= 15 is 0 Å². The number of nitrogens with zero attached hydrogens (tertiary/aromatic N) is 1. The van der Waals surface area contributed by atoms with E-state index in [1.807, 2.05) is 37.3 Å². The standard InChI is InChI=1S/C21H24N2O4/c1-3-12-11-23-9-8-13(12)21(19(26)27-2)16(23)10-20(17(21)24)14-6-4-5-7-15(14)22-18(20)25/h3-7,13,16,18,22,25H,8-11H2,1-2H3/t13-,16+,18-,20+,21-/m1/s1. The smallest absolute Gasteiger partial charge is 0.321 e. The molecule has 2 bridgehead atoms. The second-order valence-electron chi connectivity index (χ2n) is 8.15. The van der Waals surface area contributed by atoms with Gasteiger partial charge < -0.3 is 15.2 Å². The van der Waals surface area contributed by atoms with Gasteiger partial charge in [0.25, 0.3) is 0 Å². The molecule has 1 spiro atoms. The summed E-state index contributed by atoms with van der Waals surface area (Å²) >= 11 is 0. The van der Waals surface area contributed by atoms with Crippen molar-refractivity contribution in [1.82, 2.24) is 4.90 Å². The number of Topliss-reactive ketones (excluding diaryl/α,β-unsaturated/α-hetero) is 1. The van der Waals surface area contributed by atoms with E-state index in [1.165, 1.54) is 7.11 Å². The lowest BCUT2D eigenvalue weighted by Crippen LogP contribution is -2.66. The van der Waals surface area contributed by atoms with Crippen LogP contribution in [0.5, 0.6) is 0 Å². The van der Waals surface area contributed by atoms with Crippen molar-refractivity contribution in [2.45, 2.75) is 37.5 Å². The van der Waals surface area contributed by atoms with Crippen molar-refractivity contribution in [1.29, 1.82) is 0 Å². The minimum absolute atomic E-state index is 0.156. The van der Waals surface area contributed by atoms with Crippen LogP contribution in [0.25, 0.3) is 0 Å². The molecule has 4 fully saturated rings. The van der Waals surface area contributed by atoms with E-state index in [1.54, 1.807) is 0 Å². The van der Waals surface area contributed by atoms with E-state index in [4.69, 9.17) is 4.74 Å². The molecule has 0 amide bonds. The lowest BCUT2D eigenvalue weighted by Gasteiger charge is -2.54. The zero-order valence-electron chi connectivity index (χ0n) is 15.6. The molecule has 1 aromatic rings. The van der Waals surface area contributed by atoms with Crippen molar-refractivity contribution in [3.8, 4) is 0 Å². The predicted octanol–water partition coefficient (Wildman–Crippen LogP) is 1.45. The maximum atomic E-state index is 14.2. The number of ketones is 1. The summed E-state index contributed by atoms with van der Waals surface area (Å²) in [6.45, 7) is 3.60. The molecule has 1 aromatic carbocycles. The zero-order valence-corrected chi connectivity index (χ0v) is 15.6. The van der Waals surface area contributed by atoms with Gasteiger partial charge in [-0.25, -0.2) is 0 Å². The Balaban J connectivity index is 1.76. The number of hydrogen-bond donors (Lipinski definition) is 2. The average Bonchev–Trinajstić information content (AvgIpc) is 3.16. The van der Waals surface area contributed by atoms with Crippen LogP contribution < -0.4 is 5.32 Å². The number of para-hydroxylation sites is 1. The number of piperidine rings is 3. The van der Waals surface area contributed by atoms with Gasteiger partial charge >= 0.3 is 5.97 Å². The summed E-state index contributed by atoms with van der Waals surface area (Å²) in [5.41, 5.74) is 0.336. The first-order chi connectivity index (χ1) is 13.0. The number of rotatable bonds is 1. The summed E-state index contributed by atoms with van der Waals surface area (Å²) in [4.78, 5) is 29.6. The van der Waals surface area contributed by atoms with E-state index in [-0.39, 0.29) is 17.7 Å². The molecule has 4 heterocycles. The number of benzene rings is 1. The SMILES string of the molecule is CC=C1CN2CC[C@H]1[C@]1(C(=O)OC)C(=O)[C@]3(C[C@H]21)c1ccccc1N[C@@H]3O. The van der Waals surface area contributed by atoms with Crippen LogP contribution in [0.2, 0.25) is 0 Å². The van der Waals surface area contributed by atoms with Gasteiger partial charge in [-0.1, -0.05) is 29.8 Å². The van der Waals surface area contributed by atoms with Crippen molar-refractivity contribution in [2.24, 2.45) is 11.3 Å². The molecule has 5 aliphatic rings. The summed E-state index contributed by atoms with van der Waals surface area (Å²) in [5.74, 6) is -0.804. The van der Waals surface area contributed by atoms with Crippen LogP contribution in [0, 0.1) is 11.3 Å². The number of aliphatic hydroxyl groups excluding tert-OH is 1. The normalized spacial score (nSPS) is 42.9. The molecule has 0 radical (unpaired) electrons. The molecule has 4 aliphatic heterocycles. The van der Waals surface area contributed by atoms with Gasteiger partial charge in [-0.05, 0) is 37.9 Å². The van der Waals surface area contributed by atoms with Crippen molar-refractivity contribution in [3.05, 3.63) is 41.5 Å². The van der Waals surface area contributed by atoms with Gasteiger partial charge in [0, 0.05) is 24.2 Å². The van der Waals surface area contributed by atoms with Gasteiger partial charge in [-0.2, -0.15) is 0 Å². The number of anilines is 1. The first kappa shape index (κ1) is 17.0. The van der Waals surface area contributed by atoms with Gasteiger partial charge in [0.05, 0.1) is 7.11 Å². The Morgan fingerprint density at radius 3 is 2.93 bits per heavy atom. The number of fused-ring (bicyclic) bond motifs is 4. The van der Waals surface area contributed by atoms with Crippen molar-refractivity contribution in [2.75, 3.05) is 25.5 Å². The lowest BCUT2D eigenvalue weighted by atomic mass is 9.59. The number of carbonyl (C=O) groups excluding carboxylic acids is 2. The molecule has 6 nitrogen and oxygen atoms in total. The topological polar surface area (TPSA) is 78.9 Å². The number of nitrogens with one attached hydrogen (secondary N) is 1. The Morgan fingerprint density at radius 2 is 2.19 bits per heavy atom. The molecular weight excluding hydrogens is 344 g/mol. The Labute approximate surface area is 158 Å². The third-order valence-electron chi connectivity index (χ3n) is 7.41. The molecule has 0 aromatic heterocycles. The number of methoxy groups -OCH3 is 1. The van der Waals surface area contributed by atoms with E-state index in [0.29, 0.717) is 6.42 Å². The monoisotopic (exact) mass is 368 g/mol. The van der Waals surface area contributed by atoms with Crippen LogP contribution >= 0.6 is 0 Å². The molecule has 6 atom stereocenters. The molecule has 1 unspecified atom stereocenters. The molecule has 3 saturated heterocycles. The van der Waals surface area contributed by atoms with Gasteiger partial charge in [0.15, 0.2) is 5.78 Å². The summed E-state index contributed by atoms with van der Waals surface area (Å²) in [6, 6.07) is 7.28. The Morgan fingerprint density at radius 1 is 1.41 bits per heavy atom. The maximum absolute atomic E-state index is 14.2. The lowest BCUT2D eigenvalue weighted by molar-refractivity contribution is -0.171. The minimum Gasteiger partial charge on any atom is -0.468 e. The van der Waals surface area contributed by atoms with Gasteiger partial charge in [-0.15, -0.1) is 0 Å².